The van der Waals surface area contributed by atoms with Gasteiger partial charge < -0.3 is 14.4 Å². The number of para-hydroxylation sites is 1. The van der Waals surface area contributed by atoms with Crippen molar-refractivity contribution in [1.29, 1.82) is 0 Å². The van der Waals surface area contributed by atoms with Gasteiger partial charge in [0.25, 0.3) is 5.91 Å². The highest BCUT2D eigenvalue weighted by Crippen LogP contribution is 2.28. The molecule has 0 saturated heterocycles. The Morgan fingerprint density at radius 1 is 1.41 bits per heavy atom. The lowest BCUT2D eigenvalue weighted by molar-refractivity contribution is 0.0956. The first-order chi connectivity index (χ1) is 10.8. The number of hydrogen-bond donors (Lipinski definition) is 1. The van der Waals surface area contributed by atoms with Crippen LogP contribution in [0.25, 0.3) is 22.6 Å². The first-order valence-corrected chi connectivity index (χ1v) is 7.51. The molecule has 6 heteroatoms. The van der Waals surface area contributed by atoms with Gasteiger partial charge in [-0.15, -0.1) is 0 Å². The molecule has 3 heterocycles. The largest absolute Gasteiger partial charge is 0.353 e. The van der Waals surface area contributed by atoms with Crippen LogP contribution in [0.2, 0.25) is 0 Å². The Labute approximate surface area is 127 Å². The van der Waals surface area contributed by atoms with E-state index in [0.29, 0.717) is 24.4 Å². The summed E-state index contributed by atoms with van der Waals surface area (Å²) in [5.41, 5.74) is 3.25. The van der Waals surface area contributed by atoms with Gasteiger partial charge in [0.2, 0.25) is 5.76 Å². The average Bonchev–Trinajstić information content (AvgIpc) is 3.07. The minimum absolute atomic E-state index is 0.0555. The molecule has 0 spiro atoms. The predicted octanol–water partition coefficient (Wildman–Crippen LogP) is 2.39. The number of amides is 1. The van der Waals surface area contributed by atoms with Crippen molar-refractivity contribution in [3.8, 4) is 11.6 Å². The molecule has 3 aromatic rings. The van der Waals surface area contributed by atoms with Gasteiger partial charge in [0.15, 0.2) is 5.82 Å². The van der Waals surface area contributed by atoms with Crippen LogP contribution in [0.5, 0.6) is 0 Å². The number of rotatable bonds is 3. The van der Waals surface area contributed by atoms with Gasteiger partial charge in [-0.25, -0.2) is 4.98 Å². The summed E-state index contributed by atoms with van der Waals surface area (Å²) in [5.74, 6) is 1.33. The Morgan fingerprint density at radius 2 is 2.32 bits per heavy atom. The zero-order chi connectivity index (χ0) is 15.1. The summed E-state index contributed by atoms with van der Waals surface area (Å²) in [5, 5.41) is 7.00. The van der Waals surface area contributed by atoms with E-state index in [1.54, 1.807) is 0 Å². The van der Waals surface area contributed by atoms with E-state index >= 15 is 0 Å². The van der Waals surface area contributed by atoms with Crippen LogP contribution in [0, 0.1) is 0 Å². The van der Waals surface area contributed by atoms with Crippen molar-refractivity contribution < 1.29 is 9.32 Å². The summed E-state index contributed by atoms with van der Waals surface area (Å²) in [4.78, 5) is 16.8. The monoisotopic (exact) mass is 296 g/mol. The van der Waals surface area contributed by atoms with Gasteiger partial charge in [-0.3, -0.25) is 4.79 Å². The van der Waals surface area contributed by atoms with E-state index in [0.717, 1.165) is 35.4 Å². The Bertz CT molecular complexity index is 862. The first-order valence-electron chi connectivity index (χ1n) is 7.51. The predicted molar refractivity (Wildman–Crippen MR) is 81.6 cm³/mol. The van der Waals surface area contributed by atoms with E-state index in [4.69, 9.17) is 4.52 Å². The third-order valence-corrected chi connectivity index (χ3v) is 3.92. The van der Waals surface area contributed by atoms with Gasteiger partial charge in [-0.2, -0.15) is 0 Å². The van der Waals surface area contributed by atoms with Crippen molar-refractivity contribution in [3.05, 3.63) is 35.5 Å². The second kappa shape index (κ2) is 4.98. The van der Waals surface area contributed by atoms with E-state index in [9.17, 15) is 4.79 Å². The van der Waals surface area contributed by atoms with Crippen molar-refractivity contribution in [2.75, 3.05) is 6.54 Å². The molecule has 0 aliphatic carbocycles. The number of nitrogens with zero attached hydrogens (tertiary/aromatic N) is 3. The number of imidazole rings is 1. The molecule has 6 nitrogen and oxygen atoms in total. The van der Waals surface area contributed by atoms with Crippen molar-refractivity contribution in [3.63, 3.8) is 0 Å². The number of hydrogen-bond acceptors (Lipinski definition) is 4. The van der Waals surface area contributed by atoms with Crippen LogP contribution in [-0.2, 0) is 13.0 Å². The highest BCUT2D eigenvalue weighted by atomic mass is 16.5. The third-order valence-electron chi connectivity index (χ3n) is 3.92. The molecule has 1 aromatic carbocycles. The molecule has 0 bridgehead atoms. The van der Waals surface area contributed by atoms with Gasteiger partial charge in [-0.05, 0) is 18.6 Å². The molecule has 0 saturated carbocycles. The molecule has 22 heavy (non-hydrogen) atoms. The van der Waals surface area contributed by atoms with Gasteiger partial charge in [0.05, 0.1) is 22.3 Å². The molecule has 1 aliphatic heterocycles. The summed E-state index contributed by atoms with van der Waals surface area (Å²) in [6, 6.07) is 7.54. The molecule has 112 valence electrons. The van der Waals surface area contributed by atoms with Crippen molar-refractivity contribution >= 4 is 16.9 Å². The van der Waals surface area contributed by atoms with E-state index in [2.05, 4.69) is 22.4 Å². The molecular weight excluding hydrogens is 280 g/mol. The number of aromatic nitrogens is 3. The quantitative estimate of drug-likeness (QED) is 0.805. The lowest BCUT2D eigenvalue weighted by Gasteiger charge is -2.03. The van der Waals surface area contributed by atoms with Crippen LogP contribution in [0.15, 0.2) is 28.8 Å². The lowest BCUT2D eigenvalue weighted by atomic mass is 10.2. The molecule has 2 aromatic heterocycles. The molecule has 0 atom stereocenters. The molecule has 1 amide bonds. The molecule has 0 fully saturated rings. The topological polar surface area (TPSA) is 73.0 Å². The summed E-state index contributed by atoms with van der Waals surface area (Å²) in [7, 11) is 0. The van der Waals surface area contributed by atoms with Crippen LogP contribution < -0.4 is 5.32 Å². The van der Waals surface area contributed by atoms with Crippen LogP contribution in [0.4, 0.5) is 0 Å². The highest BCUT2D eigenvalue weighted by molar-refractivity contribution is 6.06. The molecule has 4 rings (SSSR count). The molecule has 1 N–H and O–H groups in total. The first kappa shape index (κ1) is 13.1. The van der Waals surface area contributed by atoms with Crippen LogP contribution >= 0.6 is 0 Å². The van der Waals surface area contributed by atoms with E-state index < -0.39 is 0 Å². The van der Waals surface area contributed by atoms with Crippen molar-refractivity contribution in [2.45, 2.75) is 26.3 Å². The standard InChI is InChI=1S/C16H16N4O2/c1-2-4-10-9-13(22-19-10)15-18-12-6-3-5-11-14(12)20(15)8-7-17-16(11)21/h3,5-6,9H,2,4,7-8H2,1H3,(H,17,21). The van der Waals surface area contributed by atoms with E-state index in [-0.39, 0.29) is 5.91 Å². The van der Waals surface area contributed by atoms with Gasteiger partial charge in [-0.1, -0.05) is 24.6 Å². The fourth-order valence-electron chi connectivity index (χ4n) is 2.94. The van der Waals surface area contributed by atoms with Gasteiger partial charge in [0.1, 0.15) is 0 Å². The van der Waals surface area contributed by atoms with E-state index in [1.165, 1.54) is 0 Å². The second-order valence-electron chi connectivity index (χ2n) is 5.45. The highest BCUT2D eigenvalue weighted by Gasteiger charge is 2.23. The number of carbonyl (C=O) groups excluding carboxylic acids is 1. The zero-order valence-electron chi connectivity index (χ0n) is 12.3. The molecule has 1 aliphatic rings. The van der Waals surface area contributed by atoms with Gasteiger partial charge >= 0.3 is 0 Å². The van der Waals surface area contributed by atoms with E-state index in [1.807, 2.05) is 28.8 Å². The summed E-state index contributed by atoms with van der Waals surface area (Å²) in [6.07, 6.45) is 1.90. The van der Waals surface area contributed by atoms with Crippen LogP contribution in [0.3, 0.4) is 0 Å². The SMILES string of the molecule is CCCc1cc(-c2nc3cccc4c3n2CCNC4=O)on1. The zero-order valence-corrected chi connectivity index (χ0v) is 12.3. The van der Waals surface area contributed by atoms with Gasteiger partial charge in [0, 0.05) is 19.2 Å². The van der Waals surface area contributed by atoms with Crippen molar-refractivity contribution in [2.24, 2.45) is 0 Å². The number of nitrogens with one attached hydrogen (secondary N) is 1. The minimum atomic E-state index is -0.0555. The Balaban J connectivity index is 1.92. The van der Waals surface area contributed by atoms with Crippen LogP contribution in [0.1, 0.15) is 29.4 Å². The summed E-state index contributed by atoms with van der Waals surface area (Å²) in [6.45, 7) is 3.34. The number of benzene rings is 1. The normalized spacial score (nSPS) is 14.1. The fourth-order valence-corrected chi connectivity index (χ4v) is 2.94. The average molecular weight is 296 g/mol. The maximum atomic E-state index is 12.1. The Hall–Kier alpha value is -2.63. The minimum Gasteiger partial charge on any atom is -0.353 e. The summed E-state index contributed by atoms with van der Waals surface area (Å²) < 4.78 is 7.51. The second-order valence-corrected chi connectivity index (χ2v) is 5.45. The number of aryl methyl sites for hydroxylation is 1. The lowest BCUT2D eigenvalue weighted by Crippen LogP contribution is -2.24. The maximum absolute atomic E-state index is 12.1. The Morgan fingerprint density at radius 3 is 3.18 bits per heavy atom. The molecule has 0 unspecified atom stereocenters. The maximum Gasteiger partial charge on any atom is 0.253 e. The third kappa shape index (κ3) is 1.91. The Kier molecular flexibility index (Phi) is 2.96. The fraction of sp³-hybridized carbons (Fsp3) is 0.312. The molecule has 0 radical (unpaired) electrons. The van der Waals surface area contributed by atoms with Crippen molar-refractivity contribution in [1.82, 2.24) is 20.0 Å². The van der Waals surface area contributed by atoms with Crippen LogP contribution in [-0.4, -0.2) is 27.2 Å². The molecular formula is C16H16N4O2. The smallest absolute Gasteiger partial charge is 0.253 e. The summed E-state index contributed by atoms with van der Waals surface area (Å²) >= 11 is 0. The number of carbonyl (C=O) groups is 1.